The summed E-state index contributed by atoms with van der Waals surface area (Å²) in [5, 5.41) is 11.7. The summed E-state index contributed by atoms with van der Waals surface area (Å²) in [7, 11) is 0. The zero-order valence-electron chi connectivity index (χ0n) is 23.5. The van der Waals surface area contributed by atoms with Gasteiger partial charge in [0.05, 0.1) is 23.9 Å². The van der Waals surface area contributed by atoms with E-state index in [1.807, 2.05) is 73.8 Å². The number of aliphatic hydroxyl groups is 1. The summed E-state index contributed by atoms with van der Waals surface area (Å²) in [6.45, 7) is 10.3. The van der Waals surface area contributed by atoms with E-state index >= 15 is 0 Å². The minimum Gasteiger partial charge on any atom is -0.505 e. The molecule has 1 aliphatic heterocycles. The lowest BCUT2D eigenvalue weighted by Crippen LogP contribution is -2.31. The Hall–Kier alpha value is -4.85. The molecule has 5 rings (SSSR count). The number of aryl methyl sites for hydroxylation is 2. The number of likely N-dealkylation sites (tertiary alicyclic amines) is 1. The molecule has 0 spiro atoms. The number of benzene rings is 2. The number of Topliss-reactive ketones (excluding diaryl/α,β-unsaturated/α-hetero) is 1. The van der Waals surface area contributed by atoms with Gasteiger partial charge >= 0.3 is 0 Å². The number of nitrogens with zero attached hydrogens (tertiary/aromatic N) is 3. The average Bonchev–Trinajstić information content (AvgIpc) is 3.45. The van der Waals surface area contributed by atoms with Crippen molar-refractivity contribution in [2.24, 2.45) is 0 Å². The van der Waals surface area contributed by atoms with Gasteiger partial charge in [0.1, 0.15) is 17.9 Å². The fourth-order valence-electron chi connectivity index (χ4n) is 5.26. The van der Waals surface area contributed by atoms with Crippen LogP contribution in [0.5, 0.6) is 11.5 Å². The highest BCUT2D eigenvalue weighted by molar-refractivity contribution is 6.46. The summed E-state index contributed by atoms with van der Waals surface area (Å²) < 4.78 is 13.5. The molecule has 4 aromatic rings. The van der Waals surface area contributed by atoms with Crippen LogP contribution in [-0.4, -0.2) is 50.8 Å². The molecule has 1 N–H and O–H groups in total. The third kappa shape index (κ3) is 5.20. The number of imidazole rings is 1. The summed E-state index contributed by atoms with van der Waals surface area (Å²) in [5.41, 5.74) is 4.16. The number of hydrogen-bond acceptors (Lipinski definition) is 6. The molecule has 2 aromatic carbocycles. The number of pyridine rings is 1. The molecule has 1 fully saturated rings. The van der Waals surface area contributed by atoms with Crippen LogP contribution in [0.1, 0.15) is 41.0 Å². The first-order valence-electron chi connectivity index (χ1n) is 13.6. The van der Waals surface area contributed by atoms with E-state index in [9.17, 15) is 14.7 Å². The summed E-state index contributed by atoms with van der Waals surface area (Å²) in [6, 6.07) is 18.0. The highest BCUT2D eigenvalue weighted by atomic mass is 16.5. The molecule has 0 aliphatic carbocycles. The van der Waals surface area contributed by atoms with Gasteiger partial charge in [0.15, 0.2) is 17.3 Å². The van der Waals surface area contributed by atoms with Crippen LogP contribution in [0.2, 0.25) is 0 Å². The van der Waals surface area contributed by atoms with Crippen molar-refractivity contribution in [1.29, 1.82) is 0 Å². The molecule has 210 valence electrons. The van der Waals surface area contributed by atoms with E-state index in [1.54, 1.807) is 24.3 Å². The molecular weight excluding hydrogens is 518 g/mol. The second kappa shape index (κ2) is 11.7. The fourth-order valence-corrected chi connectivity index (χ4v) is 5.26. The minimum atomic E-state index is -0.850. The van der Waals surface area contributed by atoms with Crippen molar-refractivity contribution in [2.45, 2.75) is 33.2 Å². The SMILES string of the molecule is C=CCOc1ccc(C2C(=C(O)c3nc4c(C)cccn4c3C)C(=O)C(=O)N2CCc2ccccc2)cc1OCC. The van der Waals surface area contributed by atoms with Gasteiger partial charge in [-0.25, -0.2) is 4.98 Å². The van der Waals surface area contributed by atoms with Crippen molar-refractivity contribution in [3.05, 3.63) is 113 Å². The van der Waals surface area contributed by atoms with Gasteiger partial charge in [-0.2, -0.15) is 0 Å². The van der Waals surface area contributed by atoms with Crippen molar-refractivity contribution in [3.8, 4) is 11.5 Å². The Bertz CT molecular complexity index is 1650. The van der Waals surface area contributed by atoms with Crippen LogP contribution in [0.15, 0.2) is 85.1 Å². The molecule has 1 amide bonds. The van der Waals surface area contributed by atoms with E-state index < -0.39 is 17.7 Å². The third-order valence-electron chi connectivity index (χ3n) is 7.27. The fraction of sp³-hybridized carbons (Fsp3) is 0.242. The highest BCUT2D eigenvalue weighted by Crippen LogP contribution is 2.42. The molecule has 0 radical (unpaired) electrons. The van der Waals surface area contributed by atoms with Gasteiger partial charge in [-0.15, -0.1) is 0 Å². The number of carbonyl (C=O) groups is 2. The Morgan fingerprint density at radius 1 is 1.05 bits per heavy atom. The predicted molar refractivity (Wildman–Crippen MR) is 157 cm³/mol. The number of carbonyl (C=O) groups excluding carboxylic acids is 2. The van der Waals surface area contributed by atoms with Crippen LogP contribution in [0.4, 0.5) is 0 Å². The van der Waals surface area contributed by atoms with E-state index in [1.165, 1.54) is 4.90 Å². The van der Waals surface area contributed by atoms with Gasteiger partial charge in [-0.1, -0.05) is 55.1 Å². The zero-order valence-corrected chi connectivity index (χ0v) is 23.5. The molecule has 0 saturated carbocycles. The van der Waals surface area contributed by atoms with Crippen molar-refractivity contribution in [3.63, 3.8) is 0 Å². The summed E-state index contributed by atoms with van der Waals surface area (Å²) >= 11 is 0. The number of rotatable bonds is 10. The maximum Gasteiger partial charge on any atom is 0.295 e. The van der Waals surface area contributed by atoms with Crippen molar-refractivity contribution < 1.29 is 24.2 Å². The van der Waals surface area contributed by atoms with Crippen LogP contribution in [0.3, 0.4) is 0 Å². The summed E-state index contributed by atoms with van der Waals surface area (Å²) in [4.78, 5) is 33.3. The molecule has 41 heavy (non-hydrogen) atoms. The van der Waals surface area contributed by atoms with Crippen LogP contribution < -0.4 is 9.47 Å². The Balaban J connectivity index is 1.66. The number of aromatic nitrogens is 2. The number of fused-ring (bicyclic) bond motifs is 1. The standard InChI is InChI=1S/C33H33N3O5/c1-5-19-41-25-15-14-24(20-26(25)40-6-2)29-27(30(37)28-22(4)35-17-10-11-21(3)32(35)34-28)31(38)33(39)36(29)18-16-23-12-8-7-9-13-23/h5,7-15,17,20,29,37H,1,6,16,18-19H2,2-4H3. The van der Waals surface area contributed by atoms with Crippen LogP contribution in [0, 0.1) is 13.8 Å². The Morgan fingerprint density at radius 2 is 1.83 bits per heavy atom. The van der Waals surface area contributed by atoms with Crippen LogP contribution in [0.25, 0.3) is 11.4 Å². The monoisotopic (exact) mass is 551 g/mol. The normalized spacial score (nSPS) is 16.4. The second-order valence-corrected chi connectivity index (χ2v) is 9.90. The first-order valence-corrected chi connectivity index (χ1v) is 13.6. The highest BCUT2D eigenvalue weighted by Gasteiger charge is 2.46. The number of ketones is 1. The van der Waals surface area contributed by atoms with Crippen molar-refractivity contribution >= 4 is 23.1 Å². The van der Waals surface area contributed by atoms with Crippen molar-refractivity contribution in [1.82, 2.24) is 14.3 Å². The van der Waals surface area contributed by atoms with E-state index in [4.69, 9.17) is 9.47 Å². The van der Waals surface area contributed by atoms with Gasteiger partial charge in [-0.05, 0) is 62.1 Å². The molecule has 8 heteroatoms. The maximum atomic E-state index is 13.6. The van der Waals surface area contributed by atoms with E-state index in [0.29, 0.717) is 48.0 Å². The molecule has 1 unspecified atom stereocenters. The molecule has 2 aromatic heterocycles. The number of ether oxygens (including phenoxy) is 2. The Kier molecular flexibility index (Phi) is 7.92. The molecular formula is C33H33N3O5. The lowest BCUT2D eigenvalue weighted by molar-refractivity contribution is -0.139. The Labute approximate surface area is 239 Å². The minimum absolute atomic E-state index is 0.00516. The molecule has 3 heterocycles. The number of hydrogen-bond donors (Lipinski definition) is 1. The lowest BCUT2D eigenvalue weighted by atomic mass is 9.95. The largest absolute Gasteiger partial charge is 0.505 e. The van der Waals surface area contributed by atoms with Gasteiger partial charge < -0.3 is 23.9 Å². The Morgan fingerprint density at radius 3 is 2.54 bits per heavy atom. The lowest BCUT2D eigenvalue weighted by Gasteiger charge is -2.26. The van der Waals surface area contributed by atoms with E-state index in [0.717, 1.165) is 11.1 Å². The maximum absolute atomic E-state index is 13.6. The topological polar surface area (TPSA) is 93.4 Å². The van der Waals surface area contributed by atoms with Gasteiger partial charge in [0.2, 0.25) is 0 Å². The molecule has 1 saturated heterocycles. The third-order valence-corrected chi connectivity index (χ3v) is 7.27. The number of aliphatic hydroxyl groups excluding tert-OH is 1. The first kappa shape index (κ1) is 27.7. The van der Waals surface area contributed by atoms with Crippen LogP contribution in [-0.2, 0) is 16.0 Å². The number of amides is 1. The molecule has 1 atom stereocenters. The van der Waals surface area contributed by atoms with E-state index in [2.05, 4.69) is 11.6 Å². The smallest absolute Gasteiger partial charge is 0.295 e. The van der Waals surface area contributed by atoms with Crippen LogP contribution >= 0.6 is 0 Å². The quantitative estimate of drug-likeness (QED) is 0.120. The van der Waals surface area contributed by atoms with Crippen molar-refractivity contribution in [2.75, 3.05) is 19.8 Å². The van der Waals surface area contributed by atoms with Gasteiger partial charge in [0.25, 0.3) is 11.7 Å². The molecule has 1 aliphatic rings. The van der Waals surface area contributed by atoms with Gasteiger partial charge in [0, 0.05) is 12.7 Å². The first-order chi connectivity index (χ1) is 19.8. The van der Waals surface area contributed by atoms with Gasteiger partial charge in [-0.3, -0.25) is 9.59 Å². The molecule has 8 nitrogen and oxygen atoms in total. The zero-order chi connectivity index (χ0) is 29.1. The average molecular weight is 552 g/mol. The summed E-state index contributed by atoms with van der Waals surface area (Å²) in [6.07, 6.45) is 4.03. The summed E-state index contributed by atoms with van der Waals surface area (Å²) in [5.74, 6) is -0.738. The molecule has 0 bridgehead atoms. The predicted octanol–water partition coefficient (Wildman–Crippen LogP) is 5.58. The van der Waals surface area contributed by atoms with E-state index in [-0.39, 0.29) is 23.6 Å². The second-order valence-electron chi connectivity index (χ2n) is 9.90.